The number of nitrogens with zero attached hydrogens (tertiary/aromatic N) is 1. The number of alkyl halides is 3. The number of carbonyl (C=O) groups excluding carboxylic acids is 1. The molecule has 1 heterocycles. The summed E-state index contributed by atoms with van der Waals surface area (Å²) in [4.78, 5) is 24.0. The molecular formula is C13H12BrF3N2O3. The van der Waals surface area contributed by atoms with Crippen molar-refractivity contribution in [2.24, 2.45) is 5.92 Å². The number of likely N-dealkylation sites (tertiary alicyclic amines) is 1. The number of halogens is 4. The van der Waals surface area contributed by atoms with Crippen LogP contribution in [0.5, 0.6) is 0 Å². The SMILES string of the molecule is O=C(O)C1CCN(C(=O)Nc2ccc(Br)cc2C(F)(F)F)C1. The first-order valence-electron chi connectivity index (χ1n) is 6.34. The summed E-state index contributed by atoms with van der Waals surface area (Å²) in [5.74, 6) is -1.70. The Hall–Kier alpha value is -1.77. The quantitative estimate of drug-likeness (QED) is 0.825. The third-order valence-corrected chi connectivity index (χ3v) is 3.85. The van der Waals surface area contributed by atoms with Gasteiger partial charge in [-0.2, -0.15) is 13.2 Å². The molecule has 0 aliphatic carbocycles. The molecule has 2 N–H and O–H groups in total. The van der Waals surface area contributed by atoms with Gasteiger partial charge in [0.1, 0.15) is 0 Å². The van der Waals surface area contributed by atoms with Crippen LogP contribution in [0.3, 0.4) is 0 Å². The minimum absolute atomic E-state index is 0.0148. The third-order valence-electron chi connectivity index (χ3n) is 3.35. The molecule has 1 unspecified atom stereocenters. The fourth-order valence-corrected chi connectivity index (χ4v) is 2.56. The van der Waals surface area contributed by atoms with Crippen LogP contribution in [-0.4, -0.2) is 35.1 Å². The second-order valence-corrected chi connectivity index (χ2v) is 5.80. The van der Waals surface area contributed by atoms with Gasteiger partial charge >= 0.3 is 18.2 Å². The Kier molecular flexibility index (Phi) is 4.64. The number of rotatable bonds is 2. The average molecular weight is 381 g/mol. The van der Waals surface area contributed by atoms with Gasteiger partial charge in [0, 0.05) is 17.6 Å². The van der Waals surface area contributed by atoms with E-state index in [1.54, 1.807) is 0 Å². The lowest BCUT2D eigenvalue weighted by Gasteiger charge is -2.19. The Labute approximate surface area is 132 Å². The van der Waals surface area contributed by atoms with Gasteiger partial charge in [0.2, 0.25) is 0 Å². The van der Waals surface area contributed by atoms with Gasteiger partial charge in [-0.25, -0.2) is 4.79 Å². The van der Waals surface area contributed by atoms with Crippen LogP contribution in [0, 0.1) is 5.92 Å². The number of aliphatic carboxylic acids is 1. The predicted octanol–water partition coefficient (Wildman–Crippen LogP) is 3.41. The maximum Gasteiger partial charge on any atom is 0.418 e. The number of urea groups is 1. The van der Waals surface area contributed by atoms with Crippen molar-refractivity contribution in [2.45, 2.75) is 12.6 Å². The Morgan fingerprint density at radius 1 is 1.36 bits per heavy atom. The van der Waals surface area contributed by atoms with E-state index in [4.69, 9.17) is 5.11 Å². The molecule has 0 aromatic heterocycles. The number of carboxylic acid groups (broad SMARTS) is 1. The zero-order valence-corrected chi connectivity index (χ0v) is 12.7. The summed E-state index contributed by atoms with van der Waals surface area (Å²) in [5.41, 5.74) is -1.33. The Morgan fingerprint density at radius 3 is 2.59 bits per heavy atom. The largest absolute Gasteiger partial charge is 0.481 e. The van der Waals surface area contributed by atoms with Crippen LogP contribution < -0.4 is 5.32 Å². The maximum absolute atomic E-state index is 13.0. The second kappa shape index (κ2) is 6.15. The van der Waals surface area contributed by atoms with E-state index in [-0.39, 0.29) is 29.7 Å². The summed E-state index contributed by atoms with van der Waals surface area (Å²) >= 11 is 2.96. The van der Waals surface area contributed by atoms with Gasteiger partial charge in [-0.1, -0.05) is 15.9 Å². The highest BCUT2D eigenvalue weighted by atomic mass is 79.9. The first kappa shape index (κ1) is 16.6. The maximum atomic E-state index is 13.0. The molecule has 2 amide bonds. The standard InChI is InChI=1S/C13H12BrF3N2O3/c14-8-1-2-10(9(5-8)13(15,16)17)18-12(22)19-4-3-7(6-19)11(20)21/h1-2,5,7H,3-4,6H2,(H,18,22)(H,20,21). The van der Waals surface area contributed by atoms with Gasteiger partial charge in [-0.05, 0) is 24.6 Å². The molecule has 1 saturated heterocycles. The lowest BCUT2D eigenvalue weighted by atomic mass is 10.1. The Morgan fingerprint density at radius 2 is 2.05 bits per heavy atom. The summed E-state index contributed by atoms with van der Waals surface area (Å²) in [6.07, 6.45) is -4.32. The number of carboxylic acids is 1. The molecule has 5 nitrogen and oxygen atoms in total. The summed E-state index contributed by atoms with van der Waals surface area (Å²) in [5, 5.41) is 11.1. The topological polar surface area (TPSA) is 69.6 Å². The van der Waals surface area contributed by atoms with Crippen LogP contribution in [0.4, 0.5) is 23.7 Å². The van der Waals surface area contributed by atoms with Crippen molar-refractivity contribution >= 4 is 33.6 Å². The zero-order chi connectivity index (χ0) is 16.5. The Bertz CT molecular complexity index is 607. The first-order chi connectivity index (χ1) is 10.2. The number of hydrogen-bond donors (Lipinski definition) is 2. The van der Waals surface area contributed by atoms with Crippen molar-refractivity contribution in [2.75, 3.05) is 18.4 Å². The van der Waals surface area contributed by atoms with Crippen LogP contribution in [-0.2, 0) is 11.0 Å². The molecule has 0 radical (unpaired) electrons. The van der Waals surface area contributed by atoms with Crippen molar-refractivity contribution in [3.05, 3.63) is 28.2 Å². The van der Waals surface area contributed by atoms with Gasteiger partial charge in [0.25, 0.3) is 0 Å². The van der Waals surface area contributed by atoms with E-state index >= 15 is 0 Å². The molecule has 9 heteroatoms. The number of anilines is 1. The van der Waals surface area contributed by atoms with Crippen molar-refractivity contribution in [1.82, 2.24) is 4.90 Å². The van der Waals surface area contributed by atoms with Crippen molar-refractivity contribution in [3.8, 4) is 0 Å². The van der Waals surface area contributed by atoms with E-state index in [1.165, 1.54) is 11.0 Å². The minimum atomic E-state index is -4.61. The molecule has 120 valence electrons. The first-order valence-corrected chi connectivity index (χ1v) is 7.13. The second-order valence-electron chi connectivity index (χ2n) is 4.89. The smallest absolute Gasteiger partial charge is 0.418 e. The summed E-state index contributed by atoms with van der Waals surface area (Å²) in [6, 6.07) is 2.67. The van der Waals surface area contributed by atoms with Gasteiger partial charge in [0.15, 0.2) is 0 Å². The van der Waals surface area contributed by atoms with E-state index in [0.29, 0.717) is 0 Å². The molecule has 1 aliphatic heterocycles. The third kappa shape index (κ3) is 3.70. The summed E-state index contributed by atoms with van der Waals surface area (Å²) in [7, 11) is 0. The van der Waals surface area contributed by atoms with Crippen LogP contribution >= 0.6 is 15.9 Å². The predicted molar refractivity (Wildman–Crippen MR) is 75.5 cm³/mol. The van der Waals surface area contributed by atoms with Crippen LogP contribution in [0.15, 0.2) is 22.7 Å². The molecule has 1 fully saturated rings. The van der Waals surface area contributed by atoms with Crippen LogP contribution in [0.25, 0.3) is 0 Å². The monoisotopic (exact) mass is 380 g/mol. The lowest BCUT2D eigenvalue weighted by Crippen LogP contribution is -2.34. The molecule has 1 aromatic carbocycles. The normalized spacial score (nSPS) is 18.4. The fourth-order valence-electron chi connectivity index (χ4n) is 2.20. The van der Waals surface area contributed by atoms with Crippen LogP contribution in [0.1, 0.15) is 12.0 Å². The molecule has 1 aliphatic rings. The number of benzene rings is 1. The molecule has 22 heavy (non-hydrogen) atoms. The van der Waals surface area contributed by atoms with Crippen molar-refractivity contribution in [1.29, 1.82) is 0 Å². The van der Waals surface area contributed by atoms with Crippen molar-refractivity contribution in [3.63, 3.8) is 0 Å². The van der Waals surface area contributed by atoms with E-state index in [2.05, 4.69) is 21.2 Å². The molecule has 2 rings (SSSR count). The number of hydrogen-bond acceptors (Lipinski definition) is 2. The zero-order valence-electron chi connectivity index (χ0n) is 11.2. The molecule has 1 aromatic rings. The van der Waals surface area contributed by atoms with E-state index in [9.17, 15) is 22.8 Å². The average Bonchev–Trinajstić information content (AvgIpc) is 2.89. The van der Waals surface area contributed by atoms with Gasteiger partial charge < -0.3 is 15.3 Å². The molecule has 1 atom stereocenters. The van der Waals surface area contributed by atoms with Crippen molar-refractivity contribution < 1.29 is 27.9 Å². The van der Waals surface area contributed by atoms with E-state index in [0.717, 1.165) is 12.1 Å². The molecule has 0 saturated carbocycles. The van der Waals surface area contributed by atoms with Gasteiger partial charge in [0.05, 0.1) is 17.2 Å². The fraction of sp³-hybridized carbons (Fsp3) is 0.385. The molecule has 0 spiro atoms. The Balaban J connectivity index is 2.14. The van der Waals surface area contributed by atoms with Crippen LogP contribution in [0.2, 0.25) is 0 Å². The van der Waals surface area contributed by atoms with E-state index in [1.807, 2.05) is 0 Å². The number of carbonyl (C=O) groups is 2. The van der Waals surface area contributed by atoms with E-state index < -0.39 is 29.7 Å². The number of amides is 2. The highest BCUT2D eigenvalue weighted by Gasteiger charge is 2.35. The molecule has 0 bridgehead atoms. The molecular weight excluding hydrogens is 369 g/mol. The van der Waals surface area contributed by atoms with Gasteiger partial charge in [-0.15, -0.1) is 0 Å². The number of nitrogens with one attached hydrogen (secondary N) is 1. The minimum Gasteiger partial charge on any atom is -0.481 e. The summed E-state index contributed by atoms with van der Waals surface area (Å²) in [6.45, 7) is 0.180. The summed E-state index contributed by atoms with van der Waals surface area (Å²) < 4.78 is 39.1. The lowest BCUT2D eigenvalue weighted by molar-refractivity contribution is -0.141. The highest BCUT2D eigenvalue weighted by Crippen LogP contribution is 2.36. The highest BCUT2D eigenvalue weighted by molar-refractivity contribution is 9.10. The van der Waals surface area contributed by atoms with Gasteiger partial charge in [-0.3, -0.25) is 4.79 Å².